The molecular formula is C16H16FN3O2S. The molecule has 0 amide bonds. The highest BCUT2D eigenvalue weighted by Gasteiger charge is 2.37. The van der Waals surface area contributed by atoms with Gasteiger partial charge in [0.15, 0.2) is 0 Å². The maximum Gasteiger partial charge on any atom is 0.271 e. The van der Waals surface area contributed by atoms with Crippen molar-refractivity contribution in [2.24, 2.45) is 10.7 Å². The van der Waals surface area contributed by atoms with E-state index in [1.165, 1.54) is 30.3 Å². The van der Waals surface area contributed by atoms with Crippen molar-refractivity contribution < 1.29 is 12.8 Å². The van der Waals surface area contributed by atoms with Crippen molar-refractivity contribution in [2.45, 2.75) is 24.3 Å². The fourth-order valence-electron chi connectivity index (χ4n) is 2.42. The second-order valence-electron chi connectivity index (χ2n) is 5.20. The van der Waals surface area contributed by atoms with Crippen LogP contribution >= 0.6 is 0 Å². The van der Waals surface area contributed by atoms with Crippen LogP contribution in [0.15, 0.2) is 58.4 Å². The lowest BCUT2D eigenvalue weighted by molar-refractivity contribution is 0.595. The second kappa shape index (κ2) is 5.75. The molecule has 0 aromatic heterocycles. The van der Waals surface area contributed by atoms with Gasteiger partial charge in [-0.3, -0.25) is 0 Å². The van der Waals surface area contributed by atoms with E-state index >= 15 is 0 Å². The Balaban J connectivity index is 2.25. The van der Waals surface area contributed by atoms with Crippen LogP contribution in [0, 0.1) is 5.82 Å². The number of benzene rings is 2. The van der Waals surface area contributed by atoms with E-state index in [1.54, 1.807) is 18.2 Å². The first-order valence-corrected chi connectivity index (χ1v) is 8.63. The topological polar surface area (TPSA) is 75.8 Å². The predicted octanol–water partition coefficient (Wildman–Crippen LogP) is 2.80. The highest BCUT2D eigenvalue weighted by atomic mass is 32.2. The molecule has 2 aromatic rings. The van der Waals surface area contributed by atoms with E-state index < -0.39 is 21.9 Å². The summed E-state index contributed by atoms with van der Waals surface area (Å²) in [5.74, 6) is -0.209. The first-order valence-electron chi connectivity index (χ1n) is 7.19. The van der Waals surface area contributed by atoms with Gasteiger partial charge in [0.2, 0.25) is 0 Å². The molecule has 1 unspecified atom stereocenters. The quantitative estimate of drug-likeness (QED) is 0.938. The van der Waals surface area contributed by atoms with Crippen molar-refractivity contribution in [1.82, 2.24) is 0 Å². The van der Waals surface area contributed by atoms with E-state index in [0.29, 0.717) is 17.8 Å². The Kier molecular flexibility index (Phi) is 3.91. The second-order valence-corrected chi connectivity index (χ2v) is 6.95. The Morgan fingerprint density at radius 2 is 1.83 bits per heavy atom. The molecule has 1 aliphatic rings. The standard InChI is InChI=1S/C16H16FN3O2S/c1-2-13(18)16-19-14-5-3-4-6-15(14)23(21,22)20(16)12-9-7-11(17)8-10-12/h3-10,13H,2,18H2,1H3. The number of nitrogens with zero attached hydrogens (tertiary/aromatic N) is 2. The smallest absolute Gasteiger partial charge is 0.271 e. The summed E-state index contributed by atoms with van der Waals surface area (Å²) in [6.45, 7) is 1.85. The van der Waals surface area contributed by atoms with Gasteiger partial charge in [-0.15, -0.1) is 0 Å². The minimum Gasteiger partial charge on any atom is -0.321 e. The fourth-order valence-corrected chi connectivity index (χ4v) is 4.07. The van der Waals surface area contributed by atoms with Gasteiger partial charge in [0.25, 0.3) is 10.0 Å². The van der Waals surface area contributed by atoms with E-state index in [9.17, 15) is 12.8 Å². The van der Waals surface area contributed by atoms with Gasteiger partial charge in [0, 0.05) is 0 Å². The van der Waals surface area contributed by atoms with Crippen molar-refractivity contribution in [3.05, 3.63) is 54.3 Å². The van der Waals surface area contributed by atoms with Crippen LogP contribution in [0.4, 0.5) is 15.8 Å². The zero-order valence-corrected chi connectivity index (χ0v) is 13.3. The lowest BCUT2D eigenvalue weighted by Crippen LogP contribution is -2.48. The molecule has 0 aliphatic carbocycles. The molecule has 5 nitrogen and oxygen atoms in total. The molecule has 2 aromatic carbocycles. The van der Waals surface area contributed by atoms with Gasteiger partial charge < -0.3 is 5.73 Å². The van der Waals surface area contributed by atoms with Gasteiger partial charge in [-0.2, -0.15) is 0 Å². The molecule has 0 radical (unpaired) electrons. The molecule has 1 aliphatic heterocycles. The van der Waals surface area contributed by atoms with Crippen LogP contribution in [0.1, 0.15) is 13.3 Å². The van der Waals surface area contributed by atoms with Gasteiger partial charge in [0.05, 0.1) is 17.4 Å². The minimum absolute atomic E-state index is 0.108. The molecule has 3 rings (SSSR count). The largest absolute Gasteiger partial charge is 0.321 e. The average Bonchev–Trinajstić information content (AvgIpc) is 2.55. The Morgan fingerprint density at radius 3 is 2.48 bits per heavy atom. The molecule has 120 valence electrons. The third-order valence-corrected chi connectivity index (χ3v) is 5.44. The molecule has 0 saturated heterocycles. The zero-order chi connectivity index (χ0) is 16.6. The number of halogens is 1. The van der Waals surface area contributed by atoms with Crippen molar-refractivity contribution in [3.8, 4) is 0 Å². The molecule has 0 spiro atoms. The van der Waals surface area contributed by atoms with Crippen molar-refractivity contribution in [2.75, 3.05) is 4.31 Å². The van der Waals surface area contributed by atoms with E-state index in [0.717, 1.165) is 4.31 Å². The number of fused-ring (bicyclic) bond motifs is 1. The van der Waals surface area contributed by atoms with Crippen LogP contribution in [0.25, 0.3) is 0 Å². The van der Waals surface area contributed by atoms with E-state index in [1.807, 2.05) is 6.92 Å². The Hall–Kier alpha value is -2.25. The van der Waals surface area contributed by atoms with E-state index in [-0.39, 0.29) is 10.7 Å². The fraction of sp³-hybridized carbons (Fsp3) is 0.188. The van der Waals surface area contributed by atoms with Crippen molar-refractivity contribution >= 4 is 27.2 Å². The first kappa shape index (κ1) is 15.6. The van der Waals surface area contributed by atoms with Crippen LogP contribution in [-0.2, 0) is 10.0 Å². The summed E-state index contributed by atoms with van der Waals surface area (Å²) < 4.78 is 40.3. The lowest BCUT2D eigenvalue weighted by atomic mass is 10.2. The van der Waals surface area contributed by atoms with Crippen LogP contribution in [0.3, 0.4) is 0 Å². The molecule has 7 heteroatoms. The summed E-state index contributed by atoms with van der Waals surface area (Å²) >= 11 is 0. The Bertz CT molecular complexity index is 863. The van der Waals surface area contributed by atoms with Gasteiger partial charge in [0.1, 0.15) is 16.5 Å². The number of sulfonamides is 1. The van der Waals surface area contributed by atoms with Gasteiger partial charge in [-0.25, -0.2) is 22.1 Å². The number of hydrogen-bond acceptors (Lipinski definition) is 4. The predicted molar refractivity (Wildman–Crippen MR) is 87.9 cm³/mol. The first-order chi connectivity index (χ1) is 10.9. The third-order valence-electron chi connectivity index (χ3n) is 3.66. The number of anilines is 1. The van der Waals surface area contributed by atoms with Gasteiger partial charge >= 0.3 is 0 Å². The highest BCUT2D eigenvalue weighted by Crippen LogP contribution is 2.35. The molecular weight excluding hydrogens is 317 g/mol. The molecule has 0 bridgehead atoms. The van der Waals surface area contributed by atoms with E-state index in [4.69, 9.17) is 5.73 Å². The molecule has 0 saturated carbocycles. The summed E-state index contributed by atoms with van der Waals surface area (Å²) in [5.41, 5.74) is 6.75. The number of rotatable bonds is 3. The molecule has 0 fully saturated rings. The molecule has 1 atom stereocenters. The average molecular weight is 333 g/mol. The summed E-state index contributed by atoms with van der Waals surface area (Å²) in [6.07, 6.45) is 0.522. The zero-order valence-electron chi connectivity index (χ0n) is 12.5. The van der Waals surface area contributed by atoms with Crippen LogP contribution in [0.5, 0.6) is 0 Å². The van der Waals surface area contributed by atoms with Crippen molar-refractivity contribution in [3.63, 3.8) is 0 Å². The Labute approximate surface area is 134 Å². The number of para-hydroxylation sites is 1. The summed E-state index contributed by atoms with van der Waals surface area (Å²) in [5, 5.41) is 0. The SMILES string of the molecule is CCC(N)C1=Nc2ccccc2S(=O)(=O)N1c1ccc(F)cc1. The van der Waals surface area contributed by atoms with Crippen LogP contribution in [-0.4, -0.2) is 20.3 Å². The summed E-state index contributed by atoms with van der Waals surface area (Å²) in [4.78, 5) is 4.54. The normalized spacial score (nSPS) is 17.3. The number of nitrogens with two attached hydrogens (primary N) is 1. The third kappa shape index (κ3) is 2.62. The Morgan fingerprint density at radius 1 is 1.17 bits per heavy atom. The van der Waals surface area contributed by atoms with Gasteiger partial charge in [-0.1, -0.05) is 19.1 Å². The van der Waals surface area contributed by atoms with Crippen LogP contribution in [0.2, 0.25) is 0 Å². The number of hydrogen-bond donors (Lipinski definition) is 1. The molecule has 1 heterocycles. The highest BCUT2D eigenvalue weighted by molar-refractivity contribution is 7.93. The minimum atomic E-state index is -3.85. The maximum atomic E-state index is 13.2. The van der Waals surface area contributed by atoms with Crippen LogP contribution < -0.4 is 10.0 Å². The van der Waals surface area contributed by atoms with Crippen molar-refractivity contribution in [1.29, 1.82) is 0 Å². The molecule has 2 N–H and O–H groups in total. The number of aliphatic imine (C=N–C) groups is 1. The monoisotopic (exact) mass is 333 g/mol. The summed E-state index contributed by atoms with van der Waals surface area (Å²) in [7, 11) is -3.85. The summed E-state index contributed by atoms with van der Waals surface area (Å²) in [6, 6.07) is 11.2. The van der Waals surface area contributed by atoms with Gasteiger partial charge in [-0.05, 0) is 42.8 Å². The molecule has 23 heavy (non-hydrogen) atoms. The van der Waals surface area contributed by atoms with E-state index in [2.05, 4.69) is 4.99 Å². The number of amidine groups is 1. The lowest BCUT2D eigenvalue weighted by Gasteiger charge is -2.32. The maximum absolute atomic E-state index is 13.2.